The van der Waals surface area contributed by atoms with Gasteiger partial charge in [0.15, 0.2) is 0 Å². The molecule has 0 spiro atoms. The van der Waals surface area contributed by atoms with E-state index in [1.165, 1.54) is 18.2 Å². The molecule has 124 valence electrons. The number of methoxy groups -OCH3 is 1. The summed E-state index contributed by atoms with van der Waals surface area (Å²) in [6.45, 7) is 0.339. The van der Waals surface area contributed by atoms with Crippen LogP contribution in [0.25, 0.3) is 0 Å². The van der Waals surface area contributed by atoms with Gasteiger partial charge in [0.2, 0.25) is 5.91 Å². The molecule has 1 heterocycles. The van der Waals surface area contributed by atoms with Gasteiger partial charge < -0.3 is 15.0 Å². The maximum atomic E-state index is 13.7. The third-order valence-corrected chi connectivity index (χ3v) is 3.94. The van der Waals surface area contributed by atoms with E-state index in [-0.39, 0.29) is 23.9 Å². The van der Waals surface area contributed by atoms with Gasteiger partial charge in [-0.1, -0.05) is 18.2 Å². The second-order valence-electron chi connectivity index (χ2n) is 5.56. The van der Waals surface area contributed by atoms with Gasteiger partial charge in [-0.25, -0.2) is 4.39 Å². The molecule has 1 atom stereocenters. The molecule has 1 N–H and O–H groups in total. The summed E-state index contributed by atoms with van der Waals surface area (Å²) in [5.41, 5.74) is 0.687. The number of amides is 2. The van der Waals surface area contributed by atoms with Gasteiger partial charge in [-0.05, 0) is 24.3 Å². The SMILES string of the molecule is COc1cccc(N2CC(NC(=O)c3ccccc3F)CC2=O)c1. The normalized spacial score (nSPS) is 17.0. The van der Waals surface area contributed by atoms with Crippen LogP contribution < -0.4 is 15.0 Å². The molecule has 24 heavy (non-hydrogen) atoms. The molecule has 0 radical (unpaired) electrons. The van der Waals surface area contributed by atoms with Crippen LogP contribution in [0.3, 0.4) is 0 Å². The molecule has 0 saturated carbocycles. The molecule has 1 aliphatic rings. The topological polar surface area (TPSA) is 58.6 Å². The van der Waals surface area contributed by atoms with Crippen molar-refractivity contribution in [3.63, 3.8) is 0 Å². The van der Waals surface area contributed by atoms with Gasteiger partial charge in [-0.15, -0.1) is 0 Å². The molecule has 1 aliphatic heterocycles. The van der Waals surface area contributed by atoms with Crippen molar-refractivity contribution in [1.29, 1.82) is 0 Å². The Balaban J connectivity index is 1.71. The van der Waals surface area contributed by atoms with Crippen molar-refractivity contribution in [2.45, 2.75) is 12.5 Å². The summed E-state index contributed by atoms with van der Waals surface area (Å²) in [5.74, 6) is -0.538. The average Bonchev–Trinajstić information content (AvgIpc) is 2.95. The maximum Gasteiger partial charge on any atom is 0.254 e. The van der Waals surface area contributed by atoms with Crippen LogP contribution in [0.1, 0.15) is 16.8 Å². The summed E-state index contributed by atoms with van der Waals surface area (Å²) in [6.07, 6.45) is 0.178. The van der Waals surface area contributed by atoms with Gasteiger partial charge in [0.1, 0.15) is 11.6 Å². The Labute approximate surface area is 139 Å². The molecule has 1 fully saturated rings. The minimum atomic E-state index is -0.580. The van der Waals surface area contributed by atoms with Crippen molar-refractivity contribution in [2.75, 3.05) is 18.6 Å². The van der Waals surface area contributed by atoms with Gasteiger partial charge in [0, 0.05) is 24.7 Å². The lowest BCUT2D eigenvalue weighted by Crippen LogP contribution is -2.37. The lowest BCUT2D eigenvalue weighted by molar-refractivity contribution is -0.117. The first-order valence-electron chi connectivity index (χ1n) is 7.58. The molecule has 0 bridgehead atoms. The molecule has 0 aromatic heterocycles. The van der Waals surface area contributed by atoms with Crippen LogP contribution in [-0.4, -0.2) is 31.5 Å². The Kier molecular flexibility index (Phi) is 4.46. The summed E-state index contributed by atoms with van der Waals surface area (Å²) >= 11 is 0. The van der Waals surface area contributed by atoms with E-state index < -0.39 is 11.7 Å². The van der Waals surface area contributed by atoms with Crippen molar-refractivity contribution in [3.8, 4) is 5.75 Å². The molecule has 3 rings (SSSR count). The van der Waals surface area contributed by atoms with Crippen LogP contribution in [0.2, 0.25) is 0 Å². The highest BCUT2D eigenvalue weighted by molar-refractivity contribution is 5.99. The Morgan fingerprint density at radius 1 is 1.25 bits per heavy atom. The fourth-order valence-electron chi connectivity index (χ4n) is 2.74. The van der Waals surface area contributed by atoms with Gasteiger partial charge in [0.25, 0.3) is 5.91 Å². The summed E-state index contributed by atoms with van der Waals surface area (Å²) in [4.78, 5) is 26.0. The van der Waals surface area contributed by atoms with E-state index in [2.05, 4.69) is 5.32 Å². The number of nitrogens with zero attached hydrogens (tertiary/aromatic N) is 1. The highest BCUT2D eigenvalue weighted by Gasteiger charge is 2.32. The zero-order chi connectivity index (χ0) is 17.1. The number of halogens is 1. The number of hydrogen-bond donors (Lipinski definition) is 1. The molecular formula is C18H17FN2O3. The lowest BCUT2D eigenvalue weighted by atomic mass is 10.1. The smallest absolute Gasteiger partial charge is 0.254 e. The third-order valence-electron chi connectivity index (χ3n) is 3.94. The summed E-state index contributed by atoms with van der Waals surface area (Å²) < 4.78 is 18.8. The van der Waals surface area contributed by atoms with Crippen LogP contribution in [0, 0.1) is 5.82 Å². The second-order valence-corrected chi connectivity index (χ2v) is 5.56. The molecule has 1 unspecified atom stereocenters. The number of rotatable bonds is 4. The van der Waals surface area contributed by atoms with Gasteiger partial charge >= 0.3 is 0 Å². The van der Waals surface area contributed by atoms with Crippen molar-refractivity contribution in [2.24, 2.45) is 0 Å². The van der Waals surface area contributed by atoms with Crippen molar-refractivity contribution in [1.82, 2.24) is 5.32 Å². The summed E-state index contributed by atoms with van der Waals surface area (Å²) in [7, 11) is 1.56. The molecule has 6 heteroatoms. The summed E-state index contributed by atoms with van der Waals surface area (Å²) in [6, 6.07) is 12.6. The summed E-state index contributed by atoms with van der Waals surface area (Å²) in [5, 5.41) is 2.72. The monoisotopic (exact) mass is 328 g/mol. The molecular weight excluding hydrogens is 311 g/mol. The fourth-order valence-corrected chi connectivity index (χ4v) is 2.74. The van der Waals surface area contributed by atoms with Crippen molar-refractivity contribution < 1.29 is 18.7 Å². The lowest BCUT2D eigenvalue weighted by Gasteiger charge is -2.18. The minimum Gasteiger partial charge on any atom is -0.497 e. The fraction of sp³-hybridized carbons (Fsp3) is 0.222. The van der Waals surface area contributed by atoms with Crippen LogP contribution >= 0.6 is 0 Å². The average molecular weight is 328 g/mol. The van der Waals surface area contributed by atoms with Gasteiger partial charge in [-0.3, -0.25) is 9.59 Å². The van der Waals surface area contributed by atoms with E-state index in [4.69, 9.17) is 4.74 Å². The Morgan fingerprint density at radius 3 is 2.79 bits per heavy atom. The first-order chi connectivity index (χ1) is 11.6. The van der Waals surface area contributed by atoms with Gasteiger partial charge in [-0.2, -0.15) is 0 Å². The largest absolute Gasteiger partial charge is 0.497 e. The van der Waals surface area contributed by atoms with Crippen LogP contribution in [-0.2, 0) is 4.79 Å². The minimum absolute atomic E-state index is 0.0234. The Morgan fingerprint density at radius 2 is 2.04 bits per heavy atom. The molecule has 0 aliphatic carbocycles. The van der Waals surface area contributed by atoms with E-state index in [9.17, 15) is 14.0 Å². The van der Waals surface area contributed by atoms with Gasteiger partial charge in [0.05, 0.1) is 18.7 Å². The first-order valence-corrected chi connectivity index (χ1v) is 7.58. The molecule has 1 saturated heterocycles. The molecule has 2 aromatic rings. The number of nitrogens with one attached hydrogen (secondary N) is 1. The number of benzene rings is 2. The van der Waals surface area contributed by atoms with Crippen molar-refractivity contribution in [3.05, 3.63) is 59.9 Å². The van der Waals surface area contributed by atoms with E-state index >= 15 is 0 Å². The zero-order valence-corrected chi connectivity index (χ0v) is 13.2. The van der Waals surface area contributed by atoms with Crippen LogP contribution in [0.4, 0.5) is 10.1 Å². The van der Waals surface area contributed by atoms with E-state index in [1.54, 1.807) is 36.3 Å². The maximum absolute atomic E-state index is 13.7. The number of anilines is 1. The number of carbonyl (C=O) groups is 2. The van der Waals surface area contributed by atoms with Crippen LogP contribution in [0.15, 0.2) is 48.5 Å². The predicted molar refractivity (Wildman–Crippen MR) is 87.6 cm³/mol. The number of ether oxygens (including phenoxy) is 1. The van der Waals surface area contributed by atoms with Crippen LogP contribution in [0.5, 0.6) is 5.75 Å². The Bertz CT molecular complexity index is 778. The third kappa shape index (κ3) is 3.22. The molecule has 2 amide bonds. The second kappa shape index (κ2) is 6.70. The molecule has 2 aromatic carbocycles. The Hall–Kier alpha value is -2.89. The quantitative estimate of drug-likeness (QED) is 0.937. The zero-order valence-electron chi connectivity index (χ0n) is 13.2. The van der Waals surface area contributed by atoms with Crippen molar-refractivity contribution >= 4 is 17.5 Å². The standard InChI is InChI=1S/C18H17FN2O3/c1-24-14-6-4-5-13(10-14)21-11-12(9-17(21)22)20-18(23)15-7-2-3-8-16(15)19/h2-8,10,12H,9,11H2,1H3,(H,20,23). The predicted octanol–water partition coefficient (Wildman–Crippen LogP) is 2.37. The van der Waals surface area contributed by atoms with E-state index in [0.717, 1.165) is 0 Å². The highest BCUT2D eigenvalue weighted by Crippen LogP contribution is 2.25. The van der Waals surface area contributed by atoms with E-state index in [1.807, 2.05) is 6.07 Å². The number of hydrogen-bond acceptors (Lipinski definition) is 3. The molecule has 5 nitrogen and oxygen atoms in total. The first kappa shape index (κ1) is 16.0. The highest BCUT2D eigenvalue weighted by atomic mass is 19.1. The number of carbonyl (C=O) groups excluding carboxylic acids is 2. The van der Waals surface area contributed by atoms with E-state index in [0.29, 0.717) is 18.0 Å².